The molecule has 2 nitrogen and oxygen atoms in total. The fourth-order valence-electron chi connectivity index (χ4n) is 0.951. The van der Waals surface area contributed by atoms with Gasteiger partial charge in [-0.1, -0.05) is 15.9 Å². The molecular formula is C8H7BrF3NO. The van der Waals surface area contributed by atoms with Gasteiger partial charge in [0.05, 0.1) is 12.2 Å². The van der Waals surface area contributed by atoms with E-state index in [1.807, 2.05) is 0 Å². The summed E-state index contributed by atoms with van der Waals surface area (Å²) in [6.45, 7) is -0.0650. The molecule has 0 radical (unpaired) electrons. The van der Waals surface area contributed by atoms with Crippen molar-refractivity contribution in [2.45, 2.75) is 12.8 Å². The zero-order valence-electron chi connectivity index (χ0n) is 6.94. The van der Waals surface area contributed by atoms with E-state index in [1.54, 1.807) is 0 Å². The predicted octanol–water partition coefficient (Wildman–Crippen LogP) is 2.86. The molecule has 0 saturated carbocycles. The van der Waals surface area contributed by atoms with Crippen molar-refractivity contribution in [2.75, 3.05) is 0 Å². The van der Waals surface area contributed by atoms with Crippen molar-refractivity contribution in [2.24, 2.45) is 5.90 Å². The Bertz CT molecular complexity index is 327. The summed E-state index contributed by atoms with van der Waals surface area (Å²) in [7, 11) is 0. The zero-order valence-corrected chi connectivity index (χ0v) is 8.52. The van der Waals surface area contributed by atoms with Crippen molar-refractivity contribution >= 4 is 15.9 Å². The highest BCUT2D eigenvalue weighted by Gasteiger charge is 2.30. The van der Waals surface area contributed by atoms with Crippen molar-refractivity contribution in [1.82, 2.24) is 0 Å². The summed E-state index contributed by atoms with van der Waals surface area (Å²) in [5, 5.41) is 0. The number of alkyl halides is 3. The maximum atomic E-state index is 12.3. The lowest BCUT2D eigenvalue weighted by atomic mass is 10.1. The Morgan fingerprint density at radius 1 is 1.36 bits per heavy atom. The van der Waals surface area contributed by atoms with Gasteiger partial charge in [0.2, 0.25) is 0 Å². The number of hydrogen-bond donors (Lipinski definition) is 1. The number of hydrogen-bond acceptors (Lipinski definition) is 2. The Morgan fingerprint density at radius 3 is 2.50 bits per heavy atom. The fraction of sp³-hybridized carbons (Fsp3) is 0.250. The molecule has 1 aromatic rings. The Morgan fingerprint density at radius 2 is 2.00 bits per heavy atom. The highest BCUT2D eigenvalue weighted by Crippen LogP contribution is 2.31. The summed E-state index contributed by atoms with van der Waals surface area (Å²) in [5.41, 5.74) is -0.352. The van der Waals surface area contributed by atoms with Gasteiger partial charge in [0.1, 0.15) is 0 Å². The molecule has 0 spiro atoms. The molecular weight excluding hydrogens is 263 g/mol. The van der Waals surface area contributed by atoms with Crippen LogP contribution in [0.1, 0.15) is 11.1 Å². The van der Waals surface area contributed by atoms with Crippen LogP contribution in [0.15, 0.2) is 22.7 Å². The monoisotopic (exact) mass is 269 g/mol. The summed E-state index contributed by atoms with van der Waals surface area (Å²) >= 11 is 3.10. The first-order chi connectivity index (χ1) is 6.45. The second kappa shape index (κ2) is 4.29. The van der Waals surface area contributed by atoms with Crippen LogP contribution in [0.2, 0.25) is 0 Å². The fourth-order valence-corrected chi connectivity index (χ4v) is 1.31. The van der Waals surface area contributed by atoms with Gasteiger partial charge in [-0.3, -0.25) is 4.84 Å². The van der Waals surface area contributed by atoms with Crippen LogP contribution in [0.3, 0.4) is 0 Å². The van der Waals surface area contributed by atoms with Gasteiger partial charge >= 0.3 is 6.18 Å². The van der Waals surface area contributed by atoms with E-state index in [9.17, 15) is 13.2 Å². The van der Waals surface area contributed by atoms with Gasteiger partial charge in [-0.15, -0.1) is 0 Å². The summed E-state index contributed by atoms with van der Waals surface area (Å²) in [6, 6.07) is 3.30. The van der Waals surface area contributed by atoms with Gasteiger partial charge in [0.25, 0.3) is 0 Å². The molecule has 0 bridgehead atoms. The smallest absolute Gasteiger partial charge is 0.300 e. The molecule has 0 aliphatic rings. The third kappa shape index (κ3) is 2.70. The third-order valence-electron chi connectivity index (χ3n) is 1.61. The van der Waals surface area contributed by atoms with E-state index in [2.05, 4.69) is 20.8 Å². The van der Waals surface area contributed by atoms with Crippen molar-refractivity contribution in [3.63, 3.8) is 0 Å². The highest BCUT2D eigenvalue weighted by atomic mass is 79.9. The minimum absolute atomic E-state index is 0.0650. The standard InChI is InChI=1S/C8H7BrF3NO/c9-7-2-1-6(8(10,11)12)3-5(7)4-14-13/h1-3H,4,13H2. The van der Waals surface area contributed by atoms with Gasteiger partial charge in [0, 0.05) is 4.47 Å². The Labute approximate surface area is 86.9 Å². The van der Waals surface area contributed by atoms with E-state index in [4.69, 9.17) is 5.90 Å². The van der Waals surface area contributed by atoms with Crippen LogP contribution in [-0.2, 0) is 17.6 Å². The van der Waals surface area contributed by atoms with Crippen molar-refractivity contribution in [3.8, 4) is 0 Å². The average molecular weight is 270 g/mol. The lowest BCUT2D eigenvalue weighted by Gasteiger charge is -2.09. The van der Waals surface area contributed by atoms with Gasteiger partial charge < -0.3 is 0 Å². The molecule has 0 amide bonds. The lowest BCUT2D eigenvalue weighted by Crippen LogP contribution is -2.07. The van der Waals surface area contributed by atoms with Gasteiger partial charge in [-0.25, -0.2) is 5.90 Å². The first-order valence-electron chi connectivity index (χ1n) is 3.62. The summed E-state index contributed by atoms with van der Waals surface area (Å²) in [4.78, 5) is 4.28. The Kier molecular flexibility index (Phi) is 3.52. The van der Waals surface area contributed by atoms with Gasteiger partial charge in [0.15, 0.2) is 0 Å². The molecule has 6 heteroatoms. The van der Waals surface area contributed by atoms with Crippen LogP contribution in [0, 0.1) is 0 Å². The van der Waals surface area contributed by atoms with Crippen molar-refractivity contribution in [3.05, 3.63) is 33.8 Å². The second-order valence-electron chi connectivity index (χ2n) is 2.61. The minimum atomic E-state index is -4.34. The quantitative estimate of drug-likeness (QED) is 0.838. The number of benzene rings is 1. The largest absolute Gasteiger partial charge is 0.416 e. The van der Waals surface area contributed by atoms with E-state index in [0.717, 1.165) is 12.1 Å². The van der Waals surface area contributed by atoms with Crippen LogP contribution in [-0.4, -0.2) is 0 Å². The normalized spacial score (nSPS) is 11.8. The molecule has 0 aliphatic carbocycles. The predicted molar refractivity (Wildman–Crippen MR) is 48.1 cm³/mol. The number of halogens is 4. The first-order valence-corrected chi connectivity index (χ1v) is 4.41. The van der Waals surface area contributed by atoms with Crippen LogP contribution in [0.4, 0.5) is 13.2 Å². The highest BCUT2D eigenvalue weighted by molar-refractivity contribution is 9.10. The maximum Gasteiger partial charge on any atom is 0.416 e. The van der Waals surface area contributed by atoms with Crippen molar-refractivity contribution in [1.29, 1.82) is 0 Å². The van der Waals surface area contributed by atoms with Crippen LogP contribution >= 0.6 is 15.9 Å². The van der Waals surface area contributed by atoms with Crippen LogP contribution in [0.5, 0.6) is 0 Å². The third-order valence-corrected chi connectivity index (χ3v) is 2.39. The van der Waals surface area contributed by atoms with E-state index >= 15 is 0 Å². The maximum absolute atomic E-state index is 12.3. The van der Waals surface area contributed by atoms with Gasteiger partial charge in [-0.2, -0.15) is 13.2 Å². The number of nitrogens with two attached hydrogens (primary N) is 1. The molecule has 0 aromatic heterocycles. The molecule has 0 atom stereocenters. The molecule has 1 aromatic carbocycles. The molecule has 78 valence electrons. The lowest BCUT2D eigenvalue weighted by molar-refractivity contribution is -0.137. The van der Waals surface area contributed by atoms with E-state index in [1.165, 1.54) is 6.07 Å². The molecule has 0 saturated heterocycles. The Balaban J connectivity index is 3.06. The SMILES string of the molecule is NOCc1cc(C(F)(F)F)ccc1Br. The average Bonchev–Trinajstić information content (AvgIpc) is 2.07. The first kappa shape index (κ1) is 11.5. The molecule has 1 rings (SSSR count). The summed E-state index contributed by atoms with van der Waals surface area (Å²) in [6.07, 6.45) is -4.34. The molecule has 0 unspecified atom stereocenters. The minimum Gasteiger partial charge on any atom is -0.300 e. The number of rotatable bonds is 2. The summed E-state index contributed by atoms with van der Waals surface area (Å²) < 4.78 is 37.3. The van der Waals surface area contributed by atoms with E-state index in [-0.39, 0.29) is 6.61 Å². The van der Waals surface area contributed by atoms with Crippen LogP contribution in [0.25, 0.3) is 0 Å². The molecule has 0 aliphatic heterocycles. The summed E-state index contributed by atoms with van der Waals surface area (Å²) in [5.74, 6) is 4.79. The second-order valence-corrected chi connectivity index (χ2v) is 3.47. The van der Waals surface area contributed by atoms with Crippen LogP contribution < -0.4 is 5.90 Å². The molecule has 2 N–H and O–H groups in total. The van der Waals surface area contributed by atoms with E-state index < -0.39 is 11.7 Å². The topological polar surface area (TPSA) is 35.2 Å². The van der Waals surface area contributed by atoms with Gasteiger partial charge in [-0.05, 0) is 23.8 Å². The van der Waals surface area contributed by atoms with Crippen molar-refractivity contribution < 1.29 is 18.0 Å². The zero-order chi connectivity index (χ0) is 10.8. The van der Waals surface area contributed by atoms with E-state index in [0.29, 0.717) is 10.0 Å². The molecule has 14 heavy (non-hydrogen) atoms. The molecule has 0 heterocycles. The Hall–Kier alpha value is -0.590. The molecule has 0 fully saturated rings.